The molecule has 0 bridgehead atoms. The van der Waals surface area contributed by atoms with E-state index in [0.29, 0.717) is 5.41 Å². The fourth-order valence-electron chi connectivity index (χ4n) is 1.80. The second-order valence-corrected chi connectivity index (χ2v) is 7.45. The van der Waals surface area contributed by atoms with Crippen molar-refractivity contribution in [3.8, 4) is 0 Å². The minimum atomic E-state index is 0. The molecule has 22 heavy (non-hydrogen) atoms. The van der Waals surface area contributed by atoms with Crippen molar-refractivity contribution in [3.05, 3.63) is 24.7 Å². The Kier molecular flexibility index (Phi) is 15.1. The Hall–Kier alpha value is 0.192. The predicted octanol–water partition coefficient (Wildman–Crippen LogP) is 5.27. The van der Waals surface area contributed by atoms with Gasteiger partial charge in [-0.05, 0) is 24.7 Å². The third-order valence-electron chi connectivity index (χ3n) is 2.83. The maximum Gasteiger partial charge on any atom is 2.00 e. The molecule has 0 N–H and O–H groups in total. The van der Waals surface area contributed by atoms with Crippen molar-refractivity contribution in [1.82, 2.24) is 15.0 Å². The molecule has 1 aromatic rings. The summed E-state index contributed by atoms with van der Waals surface area (Å²) in [6, 6.07) is 0. The summed E-state index contributed by atoms with van der Waals surface area (Å²) in [6.07, 6.45) is 8.88. The van der Waals surface area contributed by atoms with E-state index in [1.165, 1.54) is 25.2 Å². The molecule has 0 fully saturated rings. The first-order chi connectivity index (χ1) is 9.74. The van der Waals surface area contributed by atoms with E-state index in [-0.39, 0.29) is 31.1 Å². The van der Waals surface area contributed by atoms with Crippen LogP contribution in [0.15, 0.2) is 6.20 Å². The van der Waals surface area contributed by atoms with Gasteiger partial charge in [-0.3, -0.25) is 4.68 Å². The third kappa shape index (κ3) is 16.6. The third-order valence-corrected chi connectivity index (χ3v) is 2.83. The molecule has 0 aliphatic carbocycles. The fraction of sp³-hybridized carbons (Fsp3) is 0.778. The average molecular weight is 532 g/mol. The Morgan fingerprint density at radius 2 is 1.73 bits per heavy atom. The molecule has 1 heterocycles. The zero-order valence-electron chi connectivity index (χ0n) is 15.6. The number of aromatic nitrogens is 3. The summed E-state index contributed by atoms with van der Waals surface area (Å²) in [5.41, 5.74) is 1.55. The van der Waals surface area contributed by atoms with E-state index in [1.807, 2.05) is 4.68 Å². The quantitative estimate of drug-likeness (QED) is 0.355. The topological polar surface area (TPSA) is 30.7 Å². The number of nitrogens with zero attached hydrogens (tertiary/aromatic N) is 3. The number of unbranched alkanes of at least 4 members (excludes halogenated alkanes) is 2. The molecule has 1 rings (SSSR count). The summed E-state index contributed by atoms with van der Waals surface area (Å²) < 4.78 is 1.97. The average Bonchev–Trinajstić information content (AvgIpc) is 2.78. The molecule has 0 saturated heterocycles. The summed E-state index contributed by atoms with van der Waals surface area (Å²) in [6.45, 7) is 18.0. The van der Waals surface area contributed by atoms with Gasteiger partial charge in [0.25, 0.3) is 0 Å². The Morgan fingerprint density at radius 1 is 1.14 bits per heavy atom. The normalized spacial score (nSPS) is 10.9. The summed E-state index contributed by atoms with van der Waals surface area (Å²) in [5, 5.41) is 8.32. The van der Waals surface area contributed by atoms with Crippen LogP contribution < -0.4 is 0 Å². The number of rotatable bonds is 7. The minimum Gasteiger partial charge on any atom is -0.343 e. The second kappa shape index (κ2) is 13.6. The van der Waals surface area contributed by atoms with Crippen molar-refractivity contribution in [2.24, 2.45) is 5.41 Å². The summed E-state index contributed by atoms with van der Waals surface area (Å²) >= 11 is 0. The first-order valence-electron chi connectivity index (χ1n) is 8.19. The molecule has 3 nitrogen and oxygen atoms in total. The van der Waals surface area contributed by atoms with Gasteiger partial charge in [-0.25, -0.2) is 0 Å². The van der Waals surface area contributed by atoms with Crippen molar-refractivity contribution in [1.29, 1.82) is 0 Å². The Labute approximate surface area is 162 Å². The molecule has 126 valence electrons. The number of hydrogen-bond acceptors (Lipinski definition) is 2. The fourth-order valence-corrected chi connectivity index (χ4v) is 1.80. The first-order valence-corrected chi connectivity index (χ1v) is 8.19. The molecular weight excluding hydrogens is 496 g/mol. The van der Waals surface area contributed by atoms with Crippen LogP contribution in [0.5, 0.6) is 0 Å². The molecule has 0 atom stereocenters. The van der Waals surface area contributed by atoms with Crippen LogP contribution in [0.3, 0.4) is 0 Å². The number of aryl methyl sites for hydroxylation is 2. The van der Waals surface area contributed by atoms with Gasteiger partial charge in [0.05, 0.1) is 5.69 Å². The summed E-state index contributed by atoms with van der Waals surface area (Å²) in [5.74, 6) is 1.42. The van der Waals surface area contributed by atoms with E-state index in [2.05, 4.69) is 65.0 Å². The van der Waals surface area contributed by atoms with Crippen molar-refractivity contribution >= 4 is 0 Å². The van der Waals surface area contributed by atoms with Gasteiger partial charge in [-0.1, -0.05) is 38.8 Å². The molecule has 0 radical (unpaired) electrons. The molecule has 0 spiro atoms. The molecular formula is C18H35N3U. The number of hydrogen-bond donors (Lipinski definition) is 0. The zero-order chi connectivity index (χ0) is 16.3. The van der Waals surface area contributed by atoms with Gasteiger partial charge < -0.3 is 12.8 Å². The van der Waals surface area contributed by atoms with Gasteiger partial charge in [-0.15, -0.1) is 5.10 Å². The van der Waals surface area contributed by atoms with Crippen LogP contribution in [-0.2, 0) is 13.0 Å². The first kappa shape index (κ1) is 24.4. The van der Waals surface area contributed by atoms with E-state index >= 15 is 0 Å². The SMILES string of the molecule is C[C-](C)C.[CH2-]CCCc1cn(CCCCC(C)(C)C)nn1.[U+2]. The summed E-state index contributed by atoms with van der Waals surface area (Å²) in [4.78, 5) is 0. The Morgan fingerprint density at radius 3 is 2.23 bits per heavy atom. The van der Waals surface area contributed by atoms with Crippen molar-refractivity contribution < 1.29 is 31.1 Å². The van der Waals surface area contributed by atoms with Crippen molar-refractivity contribution in [3.63, 3.8) is 0 Å². The van der Waals surface area contributed by atoms with Gasteiger partial charge in [0.1, 0.15) is 0 Å². The van der Waals surface area contributed by atoms with Crippen LogP contribution in [0.25, 0.3) is 0 Å². The van der Waals surface area contributed by atoms with Crippen LogP contribution >= 0.6 is 0 Å². The predicted molar refractivity (Wildman–Crippen MR) is 91.9 cm³/mol. The van der Waals surface area contributed by atoms with Gasteiger partial charge >= 0.3 is 31.1 Å². The van der Waals surface area contributed by atoms with E-state index in [0.717, 1.165) is 31.5 Å². The summed E-state index contributed by atoms with van der Waals surface area (Å²) in [7, 11) is 0. The zero-order valence-corrected chi connectivity index (χ0v) is 19.7. The minimum absolute atomic E-state index is 0. The van der Waals surface area contributed by atoms with E-state index in [1.54, 1.807) is 0 Å². The Balaban J connectivity index is 0. The van der Waals surface area contributed by atoms with Crippen LogP contribution in [0.1, 0.15) is 79.3 Å². The molecule has 0 unspecified atom stereocenters. The molecule has 0 saturated carbocycles. The van der Waals surface area contributed by atoms with Crippen molar-refractivity contribution in [2.75, 3.05) is 0 Å². The maximum atomic E-state index is 4.17. The molecule has 0 aliphatic rings. The molecule has 0 aliphatic heterocycles. The monoisotopic (exact) mass is 531 g/mol. The van der Waals surface area contributed by atoms with Gasteiger partial charge in [0.15, 0.2) is 0 Å². The van der Waals surface area contributed by atoms with Gasteiger partial charge in [-0.2, -0.15) is 27.2 Å². The molecule has 0 amide bonds. The molecule has 4 heteroatoms. The van der Waals surface area contributed by atoms with Gasteiger partial charge in [0.2, 0.25) is 0 Å². The smallest absolute Gasteiger partial charge is 0.343 e. The maximum absolute atomic E-state index is 4.17. The van der Waals surface area contributed by atoms with Gasteiger partial charge in [0, 0.05) is 12.7 Å². The Bertz CT molecular complexity index is 351. The van der Waals surface area contributed by atoms with E-state index in [4.69, 9.17) is 0 Å². The van der Waals surface area contributed by atoms with Crippen LogP contribution in [0, 0.1) is 49.4 Å². The van der Waals surface area contributed by atoms with E-state index in [9.17, 15) is 0 Å². The van der Waals surface area contributed by atoms with E-state index < -0.39 is 0 Å². The molecule has 0 aromatic carbocycles. The second-order valence-electron chi connectivity index (χ2n) is 7.45. The standard InChI is InChI=1S/C14H26N3.C4H9.U/c1-5-6-9-13-12-17(16-15-13)11-8-7-10-14(2,3)4;1-4(2)3;/h12H,1,5-11H2,2-4H3;1-3H3;/q2*-1;+2. The van der Waals surface area contributed by atoms with Crippen LogP contribution in [0.4, 0.5) is 0 Å². The van der Waals surface area contributed by atoms with Crippen molar-refractivity contribution in [2.45, 2.75) is 86.6 Å². The molecule has 1 aromatic heterocycles. The largest absolute Gasteiger partial charge is 2.00 e. The van der Waals surface area contributed by atoms with Crippen LogP contribution in [-0.4, -0.2) is 15.0 Å². The van der Waals surface area contributed by atoms with Crippen LogP contribution in [0.2, 0.25) is 0 Å².